The summed E-state index contributed by atoms with van der Waals surface area (Å²) in [6.45, 7) is 8.54. The zero-order valence-corrected chi connectivity index (χ0v) is 21.6. The summed E-state index contributed by atoms with van der Waals surface area (Å²) in [5.41, 5.74) is 2.60. The lowest BCUT2D eigenvalue weighted by Gasteiger charge is -2.34. The zero-order valence-electron chi connectivity index (χ0n) is 19.2. The molecule has 0 unspecified atom stereocenters. The predicted octanol–water partition coefficient (Wildman–Crippen LogP) is 4.42. The molecule has 0 saturated carbocycles. The predicted molar refractivity (Wildman–Crippen MR) is 141 cm³/mol. The normalized spacial score (nSPS) is 15.8. The highest BCUT2D eigenvalue weighted by Crippen LogP contribution is 2.25. The van der Waals surface area contributed by atoms with Gasteiger partial charge in [0.25, 0.3) is 0 Å². The number of nitrogens with zero attached hydrogens (tertiary/aromatic N) is 2. The maximum atomic E-state index is 5.38. The standard InChI is InChI=1S/C25H36N4O.HI/c1-25(2,21-11-8-12-23(17-21)30-4)19-27-24(26-3)28-22-13-15-29(16-14-22)18-20-9-6-5-7-10-20;/h5-12,17,22H,13-16,18-19H2,1-4H3,(H2,26,27,28);1H. The molecule has 0 aliphatic carbocycles. The second kappa shape index (κ2) is 12.3. The monoisotopic (exact) mass is 536 g/mol. The van der Waals surface area contributed by atoms with E-state index in [2.05, 4.69) is 76.8 Å². The summed E-state index contributed by atoms with van der Waals surface area (Å²) in [5, 5.41) is 7.15. The minimum Gasteiger partial charge on any atom is -0.497 e. The maximum Gasteiger partial charge on any atom is 0.191 e. The van der Waals surface area contributed by atoms with Crippen molar-refractivity contribution in [2.75, 3.05) is 33.8 Å². The number of nitrogens with one attached hydrogen (secondary N) is 2. The smallest absolute Gasteiger partial charge is 0.191 e. The first-order chi connectivity index (χ1) is 14.5. The van der Waals surface area contributed by atoms with Crippen LogP contribution in [0.3, 0.4) is 0 Å². The average Bonchev–Trinajstić information content (AvgIpc) is 2.78. The van der Waals surface area contributed by atoms with Gasteiger partial charge >= 0.3 is 0 Å². The fourth-order valence-corrected chi connectivity index (χ4v) is 3.92. The minimum atomic E-state index is -0.0365. The number of hydrogen-bond acceptors (Lipinski definition) is 3. The quantitative estimate of drug-likeness (QED) is 0.313. The van der Waals surface area contributed by atoms with E-state index in [-0.39, 0.29) is 29.4 Å². The van der Waals surface area contributed by atoms with Gasteiger partial charge in [-0.1, -0.05) is 56.3 Å². The van der Waals surface area contributed by atoms with Gasteiger partial charge in [0.2, 0.25) is 0 Å². The molecule has 1 aliphatic heterocycles. The molecule has 3 rings (SSSR count). The number of ether oxygens (including phenoxy) is 1. The molecule has 1 fully saturated rings. The van der Waals surface area contributed by atoms with Gasteiger partial charge in [-0.25, -0.2) is 0 Å². The number of rotatable bonds is 7. The van der Waals surface area contributed by atoms with E-state index in [1.165, 1.54) is 11.1 Å². The molecular formula is C25H37IN4O. The van der Waals surface area contributed by atoms with E-state index < -0.39 is 0 Å². The molecule has 0 bridgehead atoms. The molecule has 0 amide bonds. The molecule has 2 aromatic carbocycles. The molecule has 0 radical (unpaired) electrons. The summed E-state index contributed by atoms with van der Waals surface area (Å²) in [7, 11) is 3.56. The third kappa shape index (κ3) is 7.68. The summed E-state index contributed by atoms with van der Waals surface area (Å²) in [4.78, 5) is 6.99. The molecule has 0 aromatic heterocycles. The van der Waals surface area contributed by atoms with Crippen molar-refractivity contribution in [3.8, 4) is 5.75 Å². The number of likely N-dealkylation sites (tertiary alicyclic amines) is 1. The first-order valence-electron chi connectivity index (χ1n) is 10.9. The Balaban J connectivity index is 0.00000341. The van der Waals surface area contributed by atoms with Crippen LogP contribution >= 0.6 is 24.0 Å². The van der Waals surface area contributed by atoms with Crippen LogP contribution in [0.1, 0.15) is 37.8 Å². The van der Waals surface area contributed by atoms with Crippen LogP contribution in [-0.4, -0.2) is 50.7 Å². The molecule has 31 heavy (non-hydrogen) atoms. The fourth-order valence-electron chi connectivity index (χ4n) is 3.92. The first-order valence-corrected chi connectivity index (χ1v) is 10.9. The summed E-state index contributed by atoms with van der Waals surface area (Å²) >= 11 is 0. The third-order valence-electron chi connectivity index (χ3n) is 5.95. The molecule has 0 atom stereocenters. The third-order valence-corrected chi connectivity index (χ3v) is 5.95. The number of benzene rings is 2. The Morgan fingerprint density at radius 1 is 1.10 bits per heavy atom. The van der Waals surface area contributed by atoms with Crippen LogP contribution in [0.4, 0.5) is 0 Å². The second-order valence-corrected chi connectivity index (χ2v) is 8.72. The van der Waals surface area contributed by atoms with Gasteiger partial charge in [0.05, 0.1) is 7.11 Å². The molecule has 2 aromatic rings. The number of hydrogen-bond donors (Lipinski definition) is 2. The van der Waals surface area contributed by atoms with Crippen molar-refractivity contribution < 1.29 is 4.74 Å². The van der Waals surface area contributed by atoms with E-state index in [1.807, 2.05) is 19.2 Å². The summed E-state index contributed by atoms with van der Waals surface area (Å²) in [5.74, 6) is 1.78. The number of halogens is 1. The van der Waals surface area contributed by atoms with Crippen LogP contribution in [-0.2, 0) is 12.0 Å². The minimum absolute atomic E-state index is 0. The topological polar surface area (TPSA) is 48.9 Å². The molecule has 170 valence electrons. The highest BCUT2D eigenvalue weighted by Gasteiger charge is 2.23. The number of methoxy groups -OCH3 is 1. The fraction of sp³-hybridized carbons (Fsp3) is 0.480. The molecule has 1 heterocycles. The van der Waals surface area contributed by atoms with Crippen LogP contribution in [0.25, 0.3) is 0 Å². The molecule has 1 saturated heterocycles. The molecule has 6 heteroatoms. The lowest BCUT2D eigenvalue weighted by Crippen LogP contribution is -2.50. The number of guanidine groups is 1. The zero-order chi connectivity index (χ0) is 21.4. The van der Waals surface area contributed by atoms with Crippen LogP contribution in [0.5, 0.6) is 5.75 Å². The maximum absolute atomic E-state index is 5.38. The van der Waals surface area contributed by atoms with Gasteiger partial charge in [-0.05, 0) is 36.1 Å². The van der Waals surface area contributed by atoms with Gasteiger partial charge in [-0.2, -0.15) is 0 Å². The van der Waals surface area contributed by atoms with Crippen LogP contribution < -0.4 is 15.4 Å². The average molecular weight is 537 g/mol. The Labute approximate surface area is 204 Å². The number of aliphatic imine (C=N–C) groups is 1. The van der Waals surface area contributed by atoms with E-state index in [1.54, 1.807) is 7.11 Å². The molecule has 5 nitrogen and oxygen atoms in total. The van der Waals surface area contributed by atoms with E-state index in [0.29, 0.717) is 6.04 Å². The Morgan fingerprint density at radius 3 is 2.45 bits per heavy atom. The van der Waals surface area contributed by atoms with Crippen molar-refractivity contribution in [3.05, 3.63) is 65.7 Å². The Morgan fingerprint density at radius 2 is 1.81 bits per heavy atom. The van der Waals surface area contributed by atoms with E-state index in [9.17, 15) is 0 Å². The van der Waals surface area contributed by atoms with E-state index >= 15 is 0 Å². The summed E-state index contributed by atoms with van der Waals surface area (Å²) in [6, 6.07) is 19.5. The van der Waals surface area contributed by atoms with E-state index in [0.717, 1.165) is 50.7 Å². The molecule has 0 spiro atoms. The Kier molecular flexibility index (Phi) is 10.1. The highest BCUT2D eigenvalue weighted by atomic mass is 127. The van der Waals surface area contributed by atoms with Crippen LogP contribution in [0, 0.1) is 0 Å². The van der Waals surface area contributed by atoms with Crippen molar-refractivity contribution >= 4 is 29.9 Å². The van der Waals surface area contributed by atoms with Crippen molar-refractivity contribution in [1.29, 1.82) is 0 Å². The lowest BCUT2D eigenvalue weighted by atomic mass is 9.84. The van der Waals surface area contributed by atoms with Gasteiger partial charge < -0.3 is 15.4 Å². The van der Waals surface area contributed by atoms with Gasteiger partial charge in [0.1, 0.15) is 5.75 Å². The second-order valence-electron chi connectivity index (χ2n) is 8.72. The van der Waals surface area contributed by atoms with Gasteiger partial charge in [-0.3, -0.25) is 9.89 Å². The van der Waals surface area contributed by atoms with Gasteiger partial charge in [0.15, 0.2) is 5.96 Å². The summed E-state index contributed by atoms with van der Waals surface area (Å²) < 4.78 is 5.38. The molecule has 2 N–H and O–H groups in total. The molecular weight excluding hydrogens is 499 g/mol. The highest BCUT2D eigenvalue weighted by molar-refractivity contribution is 14.0. The number of piperidine rings is 1. The SMILES string of the molecule is CN=C(NCC(C)(C)c1cccc(OC)c1)NC1CCN(Cc2ccccc2)CC1.I. The van der Waals surface area contributed by atoms with Crippen molar-refractivity contribution in [3.63, 3.8) is 0 Å². The van der Waals surface area contributed by atoms with Gasteiger partial charge in [-0.15, -0.1) is 24.0 Å². The van der Waals surface area contributed by atoms with Crippen LogP contribution in [0.15, 0.2) is 59.6 Å². The van der Waals surface area contributed by atoms with Crippen LogP contribution in [0.2, 0.25) is 0 Å². The first kappa shape index (κ1) is 25.5. The van der Waals surface area contributed by atoms with Crippen molar-refractivity contribution in [2.24, 2.45) is 4.99 Å². The Hall–Kier alpha value is -1.80. The Bertz CT molecular complexity index is 817. The largest absolute Gasteiger partial charge is 0.497 e. The van der Waals surface area contributed by atoms with Crippen molar-refractivity contribution in [2.45, 2.75) is 44.7 Å². The lowest BCUT2D eigenvalue weighted by molar-refractivity contribution is 0.198. The van der Waals surface area contributed by atoms with E-state index in [4.69, 9.17) is 4.74 Å². The van der Waals surface area contributed by atoms with Crippen molar-refractivity contribution in [1.82, 2.24) is 15.5 Å². The van der Waals surface area contributed by atoms with Gasteiger partial charge in [0, 0.05) is 44.7 Å². The summed E-state index contributed by atoms with van der Waals surface area (Å²) in [6.07, 6.45) is 2.26. The molecule has 1 aliphatic rings.